The average molecular weight is 718 g/mol. The molecule has 0 unspecified atom stereocenters. The number of fused-ring (bicyclic) bond motifs is 4. The zero-order valence-electron chi connectivity index (χ0n) is 26.4. The minimum absolute atomic E-state index is 0.0987. The van der Waals surface area contributed by atoms with Gasteiger partial charge in [0.25, 0.3) is 0 Å². The average Bonchev–Trinajstić information content (AvgIpc) is 3.43. The topological polar surface area (TPSA) is 104 Å². The van der Waals surface area contributed by atoms with E-state index in [0.717, 1.165) is 5.57 Å². The van der Waals surface area contributed by atoms with Crippen molar-refractivity contribution >= 4 is 56.8 Å². The second-order valence-corrected chi connectivity index (χ2v) is 15.1. The number of amides is 4. The maximum Gasteiger partial charge on any atom is 0.246 e. The highest BCUT2D eigenvalue weighted by atomic mass is 79.9. The van der Waals surface area contributed by atoms with Crippen LogP contribution in [0.1, 0.15) is 50.7 Å². The van der Waals surface area contributed by atoms with Gasteiger partial charge in [0.1, 0.15) is 0 Å². The summed E-state index contributed by atoms with van der Waals surface area (Å²) in [4.78, 5) is 60.7. The number of allylic oxidation sites excluding steroid dienone is 2. The van der Waals surface area contributed by atoms with Crippen LogP contribution in [-0.2, 0) is 24.6 Å². The fourth-order valence-electron chi connectivity index (χ4n) is 8.70. The summed E-state index contributed by atoms with van der Waals surface area (Å²) >= 11 is 9.86. The van der Waals surface area contributed by atoms with E-state index in [0.29, 0.717) is 32.7 Å². The summed E-state index contributed by atoms with van der Waals surface area (Å²) in [7, 11) is 1.45. The third-order valence-corrected chi connectivity index (χ3v) is 11.3. The van der Waals surface area contributed by atoms with Gasteiger partial charge in [-0.2, -0.15) is 0 Å². The van der Waals surface area contributed by atoms with Crippen LogP contribution in [-0.4, -0.2) is 46.3 Å². The molecular weight excluding hydrogens is 684 g/mol. The molecule has 1 saturated carbocycles. The number of nitrogens with zero attached hydrogens (tertiary/aromatic N) is 2. The molecule has 2 saturated heterocycles. The van der Waals surface area contributed by atoms with Gasteiger partial charge in [-0.15, -0.1) is 0 Å². The number of halogens is 2. The molecule has 0 bridgehead atoms. The standard InChI is InChI=1S/C37H34BrClN2O6/c1-36(2,3)41-32(43)24-14-13-23-25(29(24)34(41)45)18-26-33(44)40(22-12-8-11-21(39)17-22)35(46)37(26,20-9-6-5-7-10-20)30(23)19-15-27(38)31(42)28(16-19)47-4/h5-13,15-17,24-26,29-30,42H,14,18H2,1-4H3/t24-,25+,26-,29-,30-,37+/m0/s1. The van der Waals surface area contributed by atoms with E-state index in [1.807, 2.05) is 57.2 Å². The van der Waals surface area contributed by atoms with E-state index >= 15 is 4.79 Å². The van der Waals surface area contributed by atoms with Gasteiger partial charge in [-0.3, -0.25) is 24.1 Å². The highest BCUT2D eigenvalue weighted by molar-refractivity contribution is 9.10. The molecule has 0 aromatic heterocycles. The van der Waals surface area contributed by atoms with Crippen molar-refractivity contribution in [1.82, 2.24) is 4.90 Å². The number of imide groups is 2. The lowest BCUT2D eigenvalue weighted by molar-refractivity contribution is -0.145. The van der Waals surface area contributed by atoms with Crippen molar-refractivity contribution in [3.05, 3.63) is 99.0 Å². The molecular formula is C37H34BrClN2O6. The van der Waals surface area contributed by atoms with Crippen LogP contribution in [0.3, 0.4) is 0 Å². The van der Waals surface area contributed by atoms with E-state index in [4.69, 9.17) is 16.3 Å². The van der Waals surface area contributed by atoms with Crippen molar-refractivity contribution in [2.75, 3.05) is 12.0 Å². The number of carbonyl (C=O) groups excluding carboxylic acids is 4. The van der Waals surface area contributed by atoms with Gasteiger partial charge >= 0.3 is 0 Å². The number of rotatable bonds is 4. The van der Waals surface area contributed by atoms with Crippen LogP contribution in [0.15, 0.2) is 82.9 Å². The van der Waals surface area contributed by atoms with E-state index < -0.39 is 46.5 Å². The number of anilines is 1. The molecule has 2 aliphatic carbocycles. The molecule has 4 aliphatic rings. The molecule has 8 nitrogen and oxygen atoms in total. The Balaban J connectivity index is 1.52. The third-order valence-electron chi connectivity index (χ3n) is 10.4. The van der Waals surface area contributed by atoms with E-state index in [-0.39, 0.29) is 35.6 Å². The van der Waals surface area contributed by atoms with Crippen molar-refractivity contribution in [1.29, 1.82) is 0 Å². The summed E-state index contributed by atoms with van der Waals surface area (Å²) in [6, 6.07) is 19.4. The number of hydrogen-bond acceptors (Lipinski definition) is 6. The van der Waals surface area contributed by atoms with E-state index in [9.17, 15) is 19.5 Å². The fourth-order valence-corrected chi connectivity index (χ4v) is 9.34. The van der Waals surface area contributed by atoms with Crippen molar-refractivity contribution < 1.29 is 29.0 Å². The monoisotopic (exact) mass is 716 g/mol. The molecule has 4 amide bonds. The zero-order chi connectivity index (χ0) is 33.6. The first kappa shape index (κ1) is 31.6. The molecule has 10 heteroatoms. The fraction of sp³-hybridized carbons (Fsp3) is 0.351. The molecule has 47 heavy (non-hydrogen) atoms. The Bertz CT molecular complexity index is 1890. The normalized spacial score (nSPS) is 28.6. The van der Waals surface area contributed by atoms with Crippen LogP contribution in [0.5, 0.6) is 11.5 Å². The molecule has 0 spiro atoms. The van der Waals surface area contributed by atoms with Crippen LogP contribution in [0.4, 0.5) is 5.69 Å². The summed E-state index contributed by atoms with van der Waals surface area (Å²) in [6.45, 7) is 5.54. The van der Waals surface area contributed by atoms with Crippen LogP contribution >= 0.6 is 27.5 Å². The van der Waals surface area contributed by atoms with Crippen LogP contribution in [0.25, 0.3) is 0 Å². The lowest BCUT2D eigenvalue weighted by atomic mass is 9.49. The number of aromatic hydroxyl groups is 1. The Labute approximate surface area is 286 Å². The Hall–Kier alpha value is -3.95. The highest BCUT2D eigenvalue weighted by Gasteiger charge is 2.70. The van der Waals surface area contributed by atoms with Crippen LogP contribution in [0, 0.1) is 23.7 Å². The molecule has 242 valence electrons. The Morgan fingerprint density at radius 1 is 0.936 bits per heavy atom. The maximum atomic E-state index is 15.3. The number of carbonyl (C=O) groups is 4. The van der Waals surface area contributed by atoms with Crippen LogP contribution < -0.4 is 9.64 Å². The molecule has 3 aromatic carbocycles. The summed E-state index contributed by atoms with van der Waals surface area (Å²) in [5, 5.41) is 11.2. The van der Waals surface area contributed by atoms with Gasteiger partial charge in [0.15, 0.2) is 11.5 Å². The van der Waals surface area contributed by atoms with Gasteiger partial charge in [0.2, 0.25) is 23.6 Å². The van der Waals surface area contributed by atoms with E-state index in [2.05, 4.69) is 15.9 Å². The van der Waals surface area contributed by atoms with E-state index in [1.165, 1.54) is 16.9 Å². The second kappa shape index (κ2) is 11.1. The lowest BCUT2D eigenvalue weighted by Gasteiger charge is -2.50. The Morgan fingerprint density at radius 3 is 2.32 bits per heavy atom. The van der Waals surface area contributed by atoms with Gasteiger partial charge in [-0.05, 0) is 96.9 Å². The number of phenols is 1. The first-order valence-electron chi connectivity index (χ1n) is 15.7. The Kier molecular flexibility index (Phi) is 7.44. The predicted octanol–water partition coefficient (Wildman–Crippen LogP) is 6.78. The predicted molar refractivity (Wildman–Crippen MR) is 180 cm³/mol. The molecule has 1 N–H and O–H groups in total. The van der Waals surface area contributed by atoms with E-state index in [1.54, 1.807) is 36.4 Å². The first-order valence-corrected chi connectivity index (χ1v) is 16.8. The second-order valence-electron chi connectivity index (χ2n) is 13.8. The Morgan fingerprint density at radius 2 is 1.66 bits per heavy atom. The van der Waals surface area contributed by atoms with Gasteiger partial charge in [-0.1, -0.05) is 59.6 Å². The van der Waals surface area contributed by atoms with Gasteiger partial charge < -0.3 is 9.84 Å². The molecule has 3 aromatic rings. The van der Waals surface area contributed by atoms with Crippen molar-refractivity contribution in [3.63, 3.8) is 0 Å². The molecule has 6 atom stereocenters. The van der Waals surface area contributed by atoms with Crippen molar-refractivity contribution in [3.8, 4) is 11.5 Å². The number of benzene rings is 3. The third kappa shape index (κ3) is 4.45. The minimum Gasteiger partial charge on any atom is -0.503 e. The molecule has 0 radical (unpaired) electrons. The molecule has 2 heterocycles. The molecule has 7 rings (SSSR count). The maximum absolute atomic E-state index is 15.3. The lowest BCUT2D eigenvalue weighted by Crippen LogP contribution is -2.53. The van der Waals surface area contributed by atoms with Crippen molar-refractivity contribution in [2.45, 2.75) is 50.5 Å². The number of hydrogen-bond donors (Lipinski definition) is 1. The van der Waals surface area contributed by atoms with Crippen LogP contribution in [0.2, 0.25) is 5.02 Å². The van der Waals surface area contributed by atoms with Gasteiger partial charge in [0.05, 0.1) is 40.4 Å². The zero-order valence-corrected chi connectivity index (χ0v) is 28.7. The summed E-state index contributed by atoms with van der Waals surface area (Å²) in [5.74, 6) is -4.49. The summed E-state index contributed by atoms with van der Waals surface area (Å²) in [6.07, 6.45) is 2.55. The van der Waals surface area contributed by atoms with Crippen molar-refractivity contribution in [2.24, 2.45) is 23.7 Å². The summed E-state index contributed by atoms with van der Waals surface area (Å²) in [5.41, 5.74) is 0.344. The number of phenolic OH excluding ortho intramolecular Hbond substituents is 1. The first-order chi connectivity index (χ1) is 22.3. The SMILES string of the molecule is COc1cc([C@H]2C3=CC[C@@H]4C(=O)N(C(C)(C)C)C(=O)[C@@H]4[C@@H]3C[C@H]3C(=O)N(c4cccc(Cl)c4)C(=O)[C@@]23c2ccccc2)cc(Br)c1O. The number of ether oxygens (including phenoxy) is 1. The molecule has 3 fully saturated rings. The minimum atomic E-state index is -1.42. The quantitative estimate of drug-likeness (QED) is 0.236. The smallest absolute Gasteiger partial charge is 0.246 e. The van der Waals surface area contributed by atoms with Gasteiger partial charge in [-0.25, -0.2) is 4.90 Å². The highest BCUT2D eigenvalue weighted by Crippen LogP contribution is 2.65. The number of likely N-dealkylation sites (tertiary alicyclic amines) is 1. The molecule has 2 aliphatic heterocycles. The largest absolute Gasteiger partial charge is 0.503 e. The van der Waals surface area contributed by atoms with Gasteiger partial charge in [0, 0.05) is 16.5 Å². The summed E-state index contributed by atoms with van der Waals surface area (Å²) < 4.78 is 5.92. The number of methoxy groups -OCH3 is 1.